The lowest BCUT2D eigenvalue weighted by atomic mass is 10.1. The minimum absolute atomic E-state index is 0.0162. The molecule has 4 N–H and O–H groups in total. The van der Waals surface area contributed by atoms with Crippen molar-refractivity contribution in [2.45, 2.75) is 6.42 Å². The molecule has 9 heteroatoms. The summed E-state index contributed by atoms with van der Waals surface area (Å²) in [5.41, 5.74) is 7.13. The number of benzene rings is 2. The summed E-state index contributed by atoms with van der Waals surface area (Å²) in [6, 6.07) is 10.5. The molecule has 0 saturated heterocycles. The van der Waals surface area contributed by atoms with Crippen molar-refractivity contribution in [1.29, 1.82) is 0 Å². The molecule has 3 aromatic rings. The second-order valence-corrected chi connectivity index (χ2v) is 6.80. The number of aromatic nitrogens is 2. The lowest BCUT2D eigenvalue weighted by Crippen LogP contribution is -2.19. The number of halogens is 3. The minimum atomic E-state index is -0.639. The lowest BCUT2D eigenvalue weighted by Gasteiger charge is -2.09. The Labute approximate surface area is 168 Å². The number of anilines is 2. The lowest BCUT2D eigenvalue weighted by molar-refractivity contribution is 0.259. The van der Waals surface area contributed by atoms with Crippen LogP contribution in [0.4, 0.5) is 25.1 Å². The maximum Gasteiger partial charge on any atom is 0.316 e. The molecule has 144 valence electrons. The molecular formula is C19H16BrF2N5O. The number of hydrogen-bond donors (Lipinski definition) is 3. The van der Waals surface area contributed by atoms with Gasteiger partial charge in [-0.1, -0.05) is 28.1 Å². The van der Waals surface area contributed by atoms with Crippen molar-refractivity contribution in [3.05, 3.63) is 70.5 Å². The van der Waals surface area contributed by atoms with Gasteiger partial charge >= 0.3 is 6.03 Å². The van der Waals surface area contributed by atoms with Crippen molar-refractivity contribution in [2.75, 3.05) is 17.2 Å². The van der Waals surface area contributed by atoms with Gasteiger partial charge in [-0.2, -0.15) is 0 Å². The molecule has 0 radical (unpaired) electrons. The average Bonchev–Trinajstić information content (AvgIpc) is 2.64. The Bertz CT molecular complexity index is 975. The molecule has 0 aliphatic heterocycles. The summed E-state index contributed by atoms with van der Waals surface area (Å²) >= 11 is 3.06. The smallest absolute Gasteiger partial charge is 0.316 e. The molecule has 0 saturated carbocycles. The zero-order valence-corrected chi connectivity index (χ0v) is 16.1. The van der Waals surface area contributed by atoms with Gasteiger partial charge in [-0.3, -0.25) is 0 Å². The number of carbonyl (C=O) groups is 1. The van der Waals surface area contributed by atoms with Crippen LogP contribution in [0.5, 0.6) is 0 Å². The summed E-state index contributed by atoms with van der Waals surface area (Å²) in [5, 5.41) is 5.52. The summed E-state index contributed by atoms with van der Waals surface area (Å²) in [5.74, 6) is -0.661. The number of rotatable bonds is 6. The third-order valence-corrected chi connectivity index (χ3v) is 4.36. The van der Waals surface area contributed by atoms with Gasteiger partial charge in [-0.15, -0.1) is 0 Å². The van der Waals surface area contributed by atoms with Gasteiger partial charge in [0.1, 0.15) is 23.8 Å². The highest BCUT2D eigenvalue weighted by atomic mass is 79.9. The fourth-order valence-electron chi connectivity index (χ4n) is 2.60. The van der Waals surface area contributed by atoms with Gasteiger partial charge in [0.15, 0.2) is 0 Å². The number of primary amides is 1. The second-order valence-electron chi connectivity index (χ2n) is 5.88. The Balaban J connectivity index is 1.66. The number of amides is 2. The van der Waals surface area contributed by atoms with Crippen LogP contribution in [0.1, 0.15) is 5.56 Å². The molecule has 2 amide bonds. The predicted octanol–water partition coefficient (Wildman–Crippen LogP) is 4.33. The molecule has 0 bridgehead atoms. The minimum Gasteiger partial charge on any atom is -0.370 e. The molecule has 1 heterocycles. The number of carbonyl (C=O) groups excluding carboxylic acids is 1. The number of hydrogen-bond acceptors (Lipinski definition) is 4. The van der Waals surface area contributed by atoms with Crippen LogP contribution in [0.25, 0.3) is 11.3 Å². The molecule has 0 aliphatic carbocycles. The quantitative estimate of drug-likeness (QED) is 0.524. The highest BCUT2D eigenvalue weighted by molar-refractivity contribution is 9.10. The third kappa shape index (κ3) is 5.01. The normalized spacial score (nSPS) is 10.5. The number of urea groups is 1. The van der Waals surface area contributed by atoms with Crippen LogP contribution >= 0.6 is 15.9 Å². The van der Waals surface area contributed by atoms with Gasteiger partial charge < -0.3 is 16.4 Å². The van der Waals surface area contributed by atoms with Gasteiger partial charge in [-0.05, 0) is 30.7 Å². The second kappa shape index (κ2) is 8.75. The van der Waals surface area contributed by atoms with Crippen LogP contribution in [-0.4, -0.2) is 22.5 Å². The Morgan fingerprint density at radius 3 is 2.39 bits per heavy atom. The zero-order chi connectivity index (χ0) is 20.1. The predicted molar refractivity (Wildman–Crippen MR) is 107 cm³/mol. The van der Waals surface area contributed by atoms with E-state index in [1.54, 1.807) is 30.3 Å². The van der Waals surface area contributed by atoms with E-state index in [4.69, 9.17) is 5.73 Å². The molecular weight excluding hydrogens is 432 g/mol. The Morgan fingerprint density at radius 2 is 1.75 bits per heavy atom. The van der Waals surface area contributed by atoms with Crippen molar-refractivity contribution in [1.82, 2.24) is 9.97 Å². The van der Waals surface area contributed by atoms with Crippen LogP contribution < -0.4 is 16.4 Å². The highest BCUT2D eigenvalue weighted by Gasteiger charge is 2.10. The van der Waals surface area contributed by atoms with Gasteiger partial charge in [0.25, 0.3) is 0 Å². The summed E-state index contributed by atoms with van der Waals surface area (Å²) < 4.78 is 28.1. The van der Waals surface area contributed by atoms with Gasteiger partial charge in [0.05, 0.1) is 5.69 Å². The van der Waals surface area contributed by atoms with E-state index in [9.17, 15) is 13.6 Å². The molecule has 0 aliphatic rings. The van der Waals surface area contributed by atoms with E-state index in [-0.39, 0.29) is 12.0 Å². The van der Waals surface area contributed by atoms with Gasteiger partial charge in [-0.25, -0.2) is 23.5 Å². The van der Waals surface area contributed by atoms with Crippen LogP contribution in [0.15, 0.2) is 53.3 Å². The van der Waals surface area contributed by atoms with E-state index >= 15 is 0 Å². The molecule has 0 unspecified atom stereocenters. The van der Waals surface area contributed by atoms with Gasteiger partial charge in [0.2, 0.25) is 0 Å². The van der Waals surface area contributed by atoms with Gasteiger partial charge in [0, 0.05) is 33.9 Å². The zero-order valence-electron chi connectivity index (χ0n) is 14.5. The summed E-state index contributed by atoms with van der Waals surface area (Å²) in [6.07, 6.45) is 1.56. The Hall–Kier alpha value is -3.07. The van der Waals surface area contributed by atoms with Crippen molar-refractivity contribution in [3.63, 3.8) is 0 Å². The first-order chi connectivity index (χ1) is 13.4. The molecule has 3 rings (SSSR count). The summed E-state index contributed by atoms with van der Waals surface area (Å²) in [4.78, 5) is 19.2. The molecule has 2 aromatic carbocycles. The molecule has 28 heavy (non-hydrogen) atoms. The largest absolute Gasteiger partial charge is 0.370 e. The van der Waals surface area contributed by atoms with Crippen molar-refractivity contribution in [2.24, 2.45) is 5.73 Å². The standard InChI is InChI=1S/C19H16BrF2N5O/c20-12-7-15(21)14(16(22)8-12)5-6-24-18-9-17(25-10-26-18)11-1-3-13(4-2-11)27-19(23)28/h1-4,7-10H,5-6H2,(H3,23,27,28)(H,24,25,26). The third-order valence-electron chi connectivity index (χ3n) is 3.90. The van der Waals surface area contributed by atoms with E-state index < -0.39 is 17.7 Å². The molecule has 0 fully saturated rings. The maximum atomic E-state index is 13.9. The van der Waals surface area contributed by atoms with Crippen LogP contribution in [0.3, 0.4) is 0 Å². The number of nitrogens with one attached hydrogen (secondary N) is 2. The SMILES string of the molecule is NC(=O)Nc1ccc(-c2cc(NCCc3c(F)cc(Br)cc3F)ncn2)cc1. The van der Waals surface area contributed by atoms with E-state index in [0.717, 1.165) is 5.56 Å². The Kier molecular flexibility index (Phi) is 6.15. The van der Waals surface area contributed by atoms with E-state index in [0.29, 0.717) is 28.2 Å². The van der Waals surface area contributed by atoms with E-state index in [2.05, 4.69) is 36.5 Å². The van der Waals surface area contributed by atoms with E-state index in [1.165, 1.54) is 18.5 Å². The topological polar surface area (TPSA) is 92.9 Å². The first kappa shape index (κ1) is 19.7. The summed E-state index contributed by atoms with van der Waals surface area (Å²) in [6.45, 7) is 0.299. The summed E-state index contributed by atoms with van der Waals surface area (Å²) in [7, 11) is 0. The number of nitrogens with zero attached hydrogens (tertiary/aromatic N) is 2. The van der Waals surface area contributed by atoms with Crippen LogP contribution in [0, 0.1) is 11.6 Å². The molecule has 6 nitrogen and oxygen atoms in total. The maximum absolute atomic E-state index is 13.9. The Morgan fingerprint density at radius 1 is 1.07 bits per heavy atom. The first-order valence-electron chi connectivity index (χ1n) is 8.28. The van der Waals surface area contributed by atoms with Crippen LogP contribution in [-0.2, 0) is 6.42 Å². The molecule has 0 spiro atoms. The molecule has 0 atom stereocenters. The monoisotopic (exact) mass is 447 g/mol. The van der Waals surface area contributed by atoms with Crippen molar-refractivity contribution in [3.8, 4) is 11.3 Å². The fourth-order valence-corrected chi connectivity index (χ4v) is 3.01. The molecule has 1 aromatic heterocycles. The highest BCUT2D eigenvalue weighted by Crippen LogP contribution is 2.22. The first-order valence-corrected chi connectivity index (χ1v) is 9.08. The van der Waals surface area contributed by atoms with Crippen LogP contribution in [0.2, 0.25) is 0 Å². The average molecular weight is 448 g/mol. The van der Waals surface area contributed by atoms with Crippen molar-refractivity contribution < 1.29 is 13.6 Å². The fraction of sp³-hybridized carbons (Fsp3) is 0.105. The van der Waals surface area contributed by atoms with Crippen molar-refractivity contribution >= 4 is 33.5 Å². The number of nitrogens with two attached hydrogens (primary N) is 1. The van der Waals surface area contributed by atoms with E-state index in [1.807, 2.05) is 0 Å².